The quantitative estimate of drug-likeness (QED) is 0.214. The number of hydrogen-bond donors (Lipinski definition) is 2. The van der Waals surface area contributed by atoms with E-state index in [2.05, 4.69) is 69.5 Å². The summed E-state index contributed by atoms with van der Waals surface area (Å²) in [6.07, 6.45) is 5.04. The van der Waals surface area contributed by atoms with Gasteiger partial charge in [-0.15, -0.1) is 0 Å². The second-order valence-electron chi connectivity index (χ2n) is 13.7. The van der Waals surface area contributed by atoms with E-state index in [1.807, 2.05) is 37.5 Å². The molecule has 0 aliphatic carbocycles. The van der Waals surface area contributed by atoms with Gasteiger partial charge < -0.3 is 5.32 Å². The van der Waals surface area contributed by atoms with Crippen LogP contribution in [0.3, 0.4) is 0 Å². The highest BCUT2D eigenvalue weighted by atomic mass is 16.2. The first-order valence-corrected chi connectivity index (χ1v) is 17.8. The van der Waals surface area contributed by atoms with Gasteiger partial charge in [-0.2, -0.15) is 0 Å². The van der Waals surface area contributed by atoms with Crippen molar-refractivity contribution >= 4 is 56.4 Å². The first-order valence-electron chi connectivity index (χ1n) is 17.8. The average Bonchev–Trinajstić information content (AvgIpc) is 3.41. The summed E-state index contributed by atoms with van der Waals surface area (Å²) in [4.78, 5) is 69.0. The Bertz CT molecular complexity index is 2850. The van der Waals surface area contributed by atoms with Crippen LogP contribution in [0.5, 0.6) is 0 Å². The number of aromatic nitrogens is 6. The lowest BCUT2D eigenvalue weighted by Crippen LogP contribution is -2.50. The second kappa shape index (κ2) is 14.0. The fourth-order valence-corrected chi connectivity index (χ4v) is 7.01. The zero-order valence-electron chi connectivity index (χ0n) is 30.5. The van der Waals surface area contributed by atoms with Crippen LogP contribution in [0.15, 0.2) is 90.2 Å². The van der Waals surface area contributed by atoms with Crippen molar-refractivity contribution in [2.24, 2.45) is 14.1 Å². The van der Waals surface area contributed by atoms with E-state index in [1.165, 1.54) is 11.2 Å². The molecule has 13 heteroatoms. The predicted molar refractivity (Wildman–Crippen MR) is 210 cm³/mol. The summed E-state index contributed by atoms with van der Waals surface area (Å²) in [5.41, 5.74) is 7.93. The maximum absolute atomic E-state index is 12.9. The molecular weight excluding hydrogens is 695 g/mol. The van der Waals surface area contributed by atoms with Gasteiger partial charge in [0.1, 0.15) is 17.8 Å². The number of benzene rings is 3. The van der Waals surface area contributed by atoms with Gasteiger partial charge in [-0.3, -0.25) is 38.9 Å². The summed E-state index contributed by atoms with van der Waals surface area (Å²) in [7, 11) is 3.62. The van der Waals surface area contributed by atoms with E-state index in [0.717, 1.165) is 49.8 Å². The second-order valence-corrected chi connectivity index (χ2v) is 13.7. The van der Waals surface area contributed by atoms with E-state index >= 15 is 0 Å². The van der Waals surface area contributed by atoms with Crippen LogP contribution < -0.4 is 21.2 Å². The van der Waals surface area contributed by atoms with Gasteiger partial charge in [0.05, 0.1) is 28.8 Å². The van der Waals surface area contributed by atoms with Gasteiger partial charge in [0.25, 0.3) is 5.91 Å². The van der Waals surface area contributed by atoms with Gasteiger partial charge >= 0.3 is 11.7 Å². The van der Waals surface area contributed by atoms with Crippen molar-refractivity contribution in [2.45, 2.75) is 26.2 Å². The molecule has 272 valence electrons. The first-order chi connectivity index (χ1) is 26.6. The lowest BCUT2D eigenvalue weighted by atomic mass is 9.93. The Morgan fingerprint density at radius 2 is 1.75 bits per heavy atom. The molecule has 0 saturated carbocycles. The molecule has 7 aromatic rings. The Kier molecular flexibility index (Phi) is 8.86. The van der Waals surface area contributed by atoms with Crippen LogP contribution in [0, 0.1) is 11.8 Å². The lowest BCUT2D eigenvalue weighted by Gasteiger charge is -2.26. The molecule has 5 heterocycles. The van der Waals surface area contributed by atoms with Gasteiger partial charge in [-0.05, 0) is 76.5 Å². The summed E-state index contributed by atoms with van der Waals surface area (Å²) >= 11 is 0. The van der Waals surface area contributed by atoms with E-state index in [9.17, 15) is 19.2 Å². The van der Waals surface area contributed by atoms with Gasteiger partial charge in [0, 0.05) is 61.4 Å². The van der Waals surface area contributed by atoms with Crippen molar-refractivity contribution in [3.63, 3.8) is 0 Å². The van der Waals surface area contributed by atoms with Crippen LogP contribution in [-0.2, 0) is 18.9 Å². The average molecular weight is 730 g/mol. The molecule has 13 nitrogen and oxygen atoms in total. The van der Waals surface area contributed by atoms with Crippen LogP contribution >= 0.6 is 0 Å². The largest absolute Gasteiger partial charge is 0.340 e. The SMILES string of the molecule is CC(C)c1cc(-c2cccc3cc(-c4ccc(C(=O)NCC#Cc5ccc6ncnc(N7CCC(=O)NC7=O)c6c5)nc4)ncc23)cc2c1n(C)c(=O)n2C. The molecule has 1 saturated heterocycles. The summed E-state index contributed by atoms with van der Waals surface area (Å²) in [5, 5.41) is 7.70. The Hall–Kier alpha value is -7.20. The number of urea groups is 1. The number of pyridine rings is 2. The van der Waals surface area contributed by atoms with Gasteiger partial charge in [0.15, 0.2) is 0 Å². The molecule has 3 aromatic carbocycles. The number of imidazole rings is 1. The fraction of sp³-hybridized carbons (Fsp3) is 0.190. The van der Waals surface area contributed by atoms with E-state index in [-0.39, 0.29) is 48.6 Å². The van der Waals surface area contributed by atoms with Crippen LogP contribution in [0.2, 0.25) is 0 Å². The van der Waals surface area contributed by atoms with Crippen LogP contribution in [0.1, 0.15) is 47.8 Å². The van der Waals surface area contributed by atoms with Crippen LogP contribution in [0.4, 0.5) is 10.6 Å². The Balaban J connectivity index is 0.973. The Morgan fingerprint density at radius 3 is 2.53 bits per heavy atom. The highest BCUT2D eigenvalue weighted by Gasteiger charge is 2.27. The molecule has 1 aliphatic heterocycles. The van der Waals surface area contributed by atoms with Crippen LogP contribution in [-0.4, -0.2) is 60.0 Å². The number of hydrogen-bond acceptors (Lipinski definition) is 8. The maximum atomic E-state index is 12.9. The van der Waals surface area contributed by atoms with E-state index in [0.29, 0.717) is 22.3 Å². The van der Waals surface area contributed by atoms with Crippen molar-refractivity contribution in [1.82, 2.24) is 39.7 Å². The monoisotopic (exact) mass is 729 g/mol. The molecular formula is C42H35N9O4. The number of amides is 4. The maximum Gasteiger partial charge on any atom is 0.329 e. The summed E-state index contributed by atoms with van der Waals surface area (Å²) < 4.78 is 3.41. The summed E-state index contributed by atoms with van der Waals surface area (Å²) in [6, 6.07) is 20.7. The third-order valence-corrected chi connectivity index (χ3v) is 9.87. The van der Waals surface area contributed by atoms with Crippen molar-refractivity contribution in [3.05, 3.63) is 113 Å². The molecule has 4 amide bonds. The Morgan fingerprint density at radius 1 is 0.891 bits per heavy atom. The first kappa shape index (κ1) is 34.9. The number of carbonyl (C=O) groups excluding carboxylic acids is 3. The molecule has 55 heavy (non-hydrogen) atoms. The number of fused-ring (bicyclic) bond motifs is 3. The minimum absolute atomic E-state index is 0.0549. The zero-order valence-corrected chi connectivity index (χ0v) is 30.5. The number of nitrogens with one attached hydrogen (secondary N) is 2. The topological polar surface area (TPSA) is 157 Å². The minimum Gasteiger partial charge on any atom is -0.340 e. The van der Waals surface area contributed by atoms with Crippen molar-refractivity contribution in [2.75, 3.05) is 18.0 Å². The molecule has 0 radical (unpaired) electrons. The number of anilines is 1. The highest BCUT2D eigenvalue weighted by Crippen LogP contribution is 2.35. The standard InChI is InChI=1S/C42H35N9O4/c1-24(2)30-18-28(20-36-38(30)50(4)42(55)49(36)3)29-9-5-8-26-19-35(45-22-32(26)29)27-11-13-34(44-21-27)40(53)43-15-6-7-25-10-12-33-31(17-25)39(47-23-46-33)51-16-14-37(52)48-41(51)54/h5,8-13,17-24H,14-16H2,1-4H3,(H,43,53)(H,48,52,54). The van der Waals surface area contributed by atoms with Gasteiger partial charge in [0.2, 0.25) is 5.91 Å². The third-order valence-electron chi connectivity index (χ3n) is 9.87. The van der Waals surface area contributed by atoms with Gasteiger partial charge in [-0.1, -0.05) is 43.9 Å². The number of rotatable bonds is 6. The molecule has 0 bridgehead atoms. The molecule has 4 aromatic heterocycles. The van der Waals surface area contributed by atoms with E-state index in [1.54, 1.807) is 46.6 Å². The number of carbonyl (C=O) groups is 3. The molecule has 0 spiro atoms. The molecule has 8 rings (SSSR count). The fourth-order valence-electron chi connectivity index (χ4n) is 7.01. The summed E-state index contributed by atoms with van der Waals surface area (Å²) in [5.74, 6) is 5.91. The number of aryl methyl sites for hydroxylation is 2. The molecule has 0 unspecified atom stereocenters. The predicted octanol–water partition coefficient (Wildman–Crippen LogP) is 5.45. The van der Waals surface area contributed by atoms with Gasteiger partial charge in [-0.25, -0.2) is 19.6 Å². The third kappa shape index (κ3) is 6.44. The normalized spacial score (nSPS) is 13.0. The zero-order chi connectivity index (χ0) is 38.4. The van der Waals surface area contributed by atoms with Crippen molar-refractivity contribution in [1.29, 1.82) is 0 Å². The number of nitrogens with zero attached hydrogens (tertiary/aromatic N) is 7. The van der Waals surface area contributed by atoms with Crippen LogP contribution in [0.25, 0.3) is 55.1 Å². The lowest BCUT2D eigenvalue weighted by molar-refractivity contribution is -0.120. The Labute approximate surface area is 315 Å². The van der Waals surface area contributed by atoms with Crippen molar-refractivity contribution < 1.29 is 14.4 Å². The molecule has 1 fully saturated rings. The molecule has 0 atom stereocenters. The smallest absolute Gasteiger partial charge is 0.329 e. The van der Waals surface area contributed by atoms with E-state index < -0.39 is 6.03 Å². The summed E-state index contributed by atoms with van der Waals surface area (Å²) in [6.45, 7) is 4.56. The minimum atomic E-state index is -0.534. The highest BCUT2D eigenvalue weighted by molar-refractivity contribution is 6.08. The van der Waals surface area contributed by atoms with E-state index in [4.69, 9.17) is 4.98 Å². The molecule has 2 N–H and O–H groups in total. The van der Waals surface area contributed by atoms with Crippen molar-refractivity contribution in [3.8, 4) is 34.2 Å². The molecule has 1 aliphatic rings. The number of imide groups is 1.